The Labute approximate surface area is 200 Å². The zero-order chi connectivity index (χ0) is 23.5. The van der Waals surface area contributed by atoms with Crippen molar-refractivity contribution in [2.45, 2.75) is 6.92 Å². The van der Waals surface area contributed by atoms with E-state index >= 15 is 0 Å². The van der Waals surface area contributed by atoms with E-state index in [1.165, 1.54) is 11.3 Å². The molecule has 0 saturated carbocycles. The van der Waals surface area contributed by atoms with Gasteiger partial charge < -0.3 is 5.32 Å². The summed E-state index contributed by atoms with van der Waals surface area (Å²) < 4.78 is 1.56. The van der Waals surface area contributed by atoms with Crippen LogP contribution in [-0.4, -0.2) is 26.5 Å². The highest BCUT2D eigenvalue weighted by Crippen LogP contribution is 2.30. The second-order valence-corrected chi connectivity index (χ2v) is 8.62. The van der Waals surface area contributed by atoms with Crippen molar-refractivity contribution in [2.75, 3.05) is 5.32 Å². The Hall–Kier alpha value is -4.36. The molecule has 0 radical (unpaired) electrons. The lowest BCUT2D eigenvalue weighted by molar-refractivity contribution is 0.0994. The van der Waals surface area contributed by atoms with Crippen LogP contribution in [0.4, 0.5) is 5.69 Å². The number of rotatable bonds is 6. The lowest BCUT2D eigenvalue weighted by atomic mass is 10.1. The minimum absolute atomic E-state index is 0.0618. The summed E-state index contributed by atoms with van der Waals surface area (Å²) >= 11 is 1.32. The van der Waals surface area contributed by atoms with Crippen molar-refractivity contribution < 1.29 is 9.59 Å². The van der Waals surface area contributed by atoms with Gasteiger partial charge in [-0.25, -0.2) is 9.67 Å². The van der Waals surface area contributed by atoms with Crippen LogP contribution >= 0.6 is 11.3 Å². The molecule has 0 saturated heterocycles. The Kier molecular flexibility index (Phi) is 5.84. The number of nitrogens with zero attached hydrogens (tertiary/aromatic N) is 3. The number of ketones is 1. The van der Waals surface area contributed by atoms with E-state index < -0.39 is 5.91 Å². The fourth-order valence-electron chi connectivity index (χ4n) is 3.57. The predicted octanol–water partition coefficient (Wildman–Crippen LogP) is 5.79. The third-order valence-corrected chi connectivity index (χ3v) is 6.46. The quantitative estimate of drug-likeness (QED) is 0.323. The molecule has 0 aliphatic rings. The minimum Gasteiger partial charge on any atom is -0.321 e. The summed E-state index contributed by atoms with van der Waals surface area (Å²) in [5.41, 5.74) is 3.23. The van der Waals surface area contributed by atoms with Crippen molar-refractivity contribution in [1.82, 2.24) is 14.8 Å². The Morgan fingerprint density at radius 1 is 0.853 bits per heavy atom. The first-order valence-corrected chi connectivity index (χ1v) is 11.5. The Bertz CT molecular complexity index is 1460. The Morgan fingerprint density at radius 2 is 1.47 bits per heavy atom. The first-order chi connectivity index (χ1) is 16.6. The van der Waals surface area contributed by atoms with Gasteiger partial charge in [-0.05, 0) is 31.2 Å². The van der Waals surface area contributed by atoms with E-state index in [0.29, 0.717) is 16.3 Å². The van der Waals surface area contributed by atoms with Gasteiger partial charge in [0.05, 0.1) is 21.8 Å². The van der Waals surface area contributed by atoms with E-state index in [-0.39, 0.29) is 17.0 Å². The fraction of sp³-hybridized carbons (Fsp3) is 0.0370. The first kappa shape index (κ1) is 21.5. The number of anilines is 1. The number of hydrogen-bond donors (Lipinski definition) is 1. The monoisotopic (exact) mass is 464 g/mol. The van der Waals surface area contributed by atoms with Crippen LogP contribution in [0.3, 0.4) is 0 Å². The maximum absolute atomic E-state index is 13.7. The van der Waals surface area contributed by atoms with Gasteiger partial charge in [0.15, 0.2) is 5.69 Å². The number of benzene rings is 3. The molecule has 0 aliphatic carbocycles. The normalized spacial score (nSPS) is 10.7. The fourth-order valence-corrected chi connectivity index (χ4v) is 4.59. The number of thiazole rings is 1. The topological polar surface area (TPSA) is 76.9 Å². The number of aromatic nitrogens is 3. The number of carbonyl (C=O) groups excluding carboxylic acids is 2. The summed E-state index contributed by atoms with van der Waals surface area (Å²) in [4.78, 5) is 31.9. The zero-order valence-corrected chi connectivity index (χ0v) is 19.1. The molecular weight excluding hydrogens is 444 g/mol. The lowest BCUT2D eigenvalue weighted by Crippen LogP contribution is -2.16. The molecule has 6 nitrogen and oxygen atoms in total. The summed E-state index contributed by atoms with van der Waals surface area (Å²) in [5, 5.41) is 8.08. The molecule has 7 heteroatoms. The van der Waals surface area contributed by atoms with Crippen molar-refractivity contribution in [3.05, 3.63) is 119 Å². The van der Waals surface area contributed by atoms with Crippen LogP contribution < -0.4 is 5.32 Å². The average Bonchev–Trinajstić information content (AvgIpc) is 3.50. The number of nitrogens with one attached hydrogen (secondary N) is 1. The van der Waals surface area contributed by atoms with Crippen LogP contribution in [0.5, 0.6) is 0 Å². The predicted molar refractivity (Wildman–Crippen MR) is 134 cm³/mol. The summed E-state index contributed by atoms with van der Waals surface area (Å²) in [5.74, 6) is -0.729. The van der Waals surface area contributed by atoms with Crippen LogP contribution in [0.25, 0.3) is 16.3 Å². The molecule has 1 amide bonds. The van der Waals surface area contributed by atoms with Gasteiger partial charge >= 0.3 is 0 Å². The van der Waals surface area contributed by atoms with E-state index in [1.807, 2.05) is 85.8 Å². The summed E-state index contributed by atoms with van der Waals surface area (Å²) in [6.45, 7) is 1.81. The Balaban J connectivity index is 1.56. The number of hydrogen-bond acceptors (Lipinski definition) is 5. The largest absolute Gasteiger partial charge is 0.321 e. The van der Waals surface area contributed by atoms with Gasteiger partial charge in [0.1, 0.15) is 5.01 Å². The van der Waals surface area contributed by atoms with E-state index in [1.54, 1.807) is 23.0 Å². The molecule has 34 heavy (non-hydrogen) atoms. The van der Waals surface area contributed by atoms with Crippen molar-refractivity contribution in [1.29, 1.82) is 0 Å². The van der Waals surface area contributed by atoms with Crippen molar-refractivity contribution in [3.8, 4) is 16.3 Å². The minimum atomic E-state index is -0.449. The van der Waals surface area contributed by atoms with Crippen LogP contribution in [-0.2, 0) is 0 Å². The van der Waals surface area contributed by atoms with Crippen LogP contribution in [0.1, 0.15) is 31.4 Å². The molecule has 2 aromatic heterocycles. The van der Waals surface area contributed by atoms with Crippen LogP contribution in [0, 0.1) is 6.92 Å². The van der Waals surface area contributed by atoms with Gasteiger partial charge in [0, 0.05) is 17.4 Å². The number of amides is 1. The molecular formula is C27H20N4O2S. The number of para-hydroxylation sites is 2. The van der Waals surface area contributed by atoms with Gasteiger partial charge in [-0.3, -0.25) is 9.59 Å². The van der Waals surface area contributed by atoms with Gasteiger partial charge in [0.25, 0.3) is 5.91 Å². The summed E-state index contributed by atoms with van der Waals surface area (Å²) in [7, 11) is 0. The smallest absolute Gasteiger partial charge is 0.276 e. The summed E-state index contributed by atoms with van der Waals surface area (Å²) in [6.07, 6.45) is 1.61. The number of carbonyl (C=O) groups is 2. The highest BCUT2D eigenvalue weighted by molar-refractivity contribution is 7.17. The number of aryl methyl sites for hydroxylation is 1. The molecule has 1 N–H and O–H groups in total. The average molecular weight is 465 g/mol. The SMILES string of the molecule is Cc1nc(-c2ccccc2)sc1C(=O)c1cn(-c2ccccc2)nc1C(=O)Nc1ccccc1. The maximum Gasteiger partial charge on any atom is 0.276 e. The third-order valence-electron chi connectivity index (χ3n) is 5.25. The third kappa shape index (κ3) is 4.29. The molecule has 0 spiro atoms. The first-order valence-electron chi connectivity index (χ1n) is 10.7. The molecule has 0 atom stereocenters. The van der Waals surface area contributed by atoms with Crippen molar-refractivity contribution in [2.24, 2.45) is 0 Å². The molecule has 2 heterocycles. The van der Waals surface area contributed by atoms with Crippen molar-refractivity contribution in [3.63, 3.8) is 0 Å². The van der Waals surface area contributed by atoms with E-state index in [2.05, 4.69) is 15.4 Å². The van der Waals surface area contributed by atoms with E-state index in [0.717, 1.165) is 16.3 Å². The molecule has 5 aromatic rings. The van der Waals surface area contributed by atoms with Gasteiger partial charge in [0.2, 0.25) is 5.78 Å². The zero-order valence-electron chi connectivity index (χ0n) is 18.3. The molecule has 166 valence electrons. The Morgan fingerprint density at radius 3 is 2.15 bits per heavy atom. The standard InChI is InChI=1S/C27H20N4O2S/c1-18-25(34-27(28-18)19-11-5-2-6-12-19)24(32)22-17-31(21-15-9-4-10-16-21)30-23(22)26(33)29-20-13-7-3-8-14-20/h2-17H,1H3,(H,29,33). The maximum atomic E-state index is 13.7. The van der Waals surface area contributed by atoms with Gasteiger partial charge in [-0.2, -0.15) is 5.10 Å². The molecule has 0 aliphatic heterocycles. The molecule has 0 unspecified atom stereocenters. The highest BCUT2D eigenvalue weighted by atomic mass is 32.1. The lowest BCUT2D eigenvalue weighted by Gasteiger charge is -2.04. The van der Waals surface area contributed by atoms with E-state index in [4.69, 9.17) is 0 Å². The second-order valence-electron chi connectivity index (χ2n) is 7.62. The van der Waals surface area contributed by atoms with Crippen molar-refractivity contribution >= 4 is 28.7 Å². The molecule has 0 bridgehead atoms. The highest BCUT2D eigenvalue weighted by Gasteiger charge is 2.27. The van der Waals surface area contributed by atoms with Crippen LogP contribution in [0.15, 0.2) is 97.2 Å². The van der Waals surface area contributed by atoms with E-state index in [9.17, 15) is 9.59 Å². The second kappa shape index (κ2) is 9.25. The van der Waals surface area contributed by atoms with Gasteiger partial charge in [-0.1, -0.05) is 66.7 Å². The summed E-state index contributed by atoms with van der Waals surface area (Å²) in [6, 6.07) is 28.2. The molecule has 0 fully saturated rings. The van der Waals surface area contributed by atoms with Crippen LogP contribution in [0.2, 0.25) is 0 Å². The van der Waals surface area contributed by atoms with Gasteiger partial charge in [-0.15, -0.1) is 11.3 Å². The molecule has 5 rings (SSSR count). The molecule has 3 aromatic carbocycles.